The summed E-state index contributed by atoms with van der Waals surface area (Å²) in [5, 5.41) is 1.02. The Kier molecular flexibility index (Phi) is 4.10. The predicted octanol–water partition coefficient (Wildman–Crippen LogP) is 4.96. The van der Waals surface area contributed by atoms with Gasteiger partial charge in [-0.3, -0.25) is 0 Å². The van der Waals surface area contributed by atoms with Crippen molar-refractivity contribution < 1.29 is 4.74 Å². The largest absolute Gasteiger partial charge is 0.437 e. The molecule has 0 saturated carbocycles. The molecule has 1 aromatic carbocycles. The van der Waals surface area contributed by atoms with Crippen LogP contribution >= 0.6 is 39.1 Å². The van der Waals surface area contributed by atoms with E-state index < -0.39 is 0 Å². The van der Waals surface area contributed by atoms with Crippen LogP contribution in [0.1, 0.15) is 11.4 Å². The van der Waals surface area contributed by atoms with E-state index in [1.165, 1.54) is 0 Å². The van der Waals surface area contributed by atoms with Gasteiger partial charge in [-0.15, -0.1) is 0 Å². The zero-order valence-electron chi connectivity index (χ0n) is 9.67. The van der Waals surface area contributed by atoms with Crippen LogP contribution in [0.25, 0.3) is 0 Å². The molecule has 0 aliphatic carbocycles. The third-order valence-corrected chi connectivity index (χ3v) is 3.48. The molecule has 6 heteroatoms. The lowest BCUT2D eigenvalue weighted by Crippen LogP contribution is -1.97. The van der Waals surface area contributed by atoms with E-state index in [0.29, 0.717) is 33.2 Å². The Balaban J connectivity index is 2.40. The van der Waals surface area contributed by atoms with Crippen molar-refractivity contribution in [2.24, 2.45) is 0 Å². The number of halogens is 3. The summed E-state index contributed by atoms with van der Waals surface area (Å²) >= 11 is 15.2. The molecule has 2 rings (SSSR count). The maximum absolute atomic E-state index is 5.99. The van der Waals surface area contributed by atoms with E-state index in [-0.39, 0.29) is 0 Å². The highest BCUT2D eigenvalue weighted by molar-refractivity contribution is 9.10. The minimum absolute atomic E-state index is 0.391. The van der Waals surface area contributed by atoms with E-state index >= 15 is 0 Å². The molecule has 3 nitrogen and oxygen atoms in total. The van der Waals surface area contributed by atoms with Crippen LogP contribution in [0.5, 0.6) is 11.6 Å². The zero-order chi connectivity index (χ0) is 13.3. The van der Waals surface area contributed by atoms with Crippen molar-refractivity contribution in [3.05, 3.63) is 44.2 Å². The summed E-state index contributed by atoms with van der Waals surface area (Å²) in [6, 6.07) is 5.26. The molecular weight excluding hydrogens is 339 g/mol. The third-order valence-electron chi connectivity index (χ3n) is 2.25. The standard InChI is InChI=1S/C12H9BrCl2N2O/c1-6-11(15)16-7(2)17-12(6)18-10-4-3-8(14)5-9(10)13/h3-5H,1-2H3. The average molecular weight is 348 g/mol. The first kappa shape index (κ1) is 13.6. The fourth-order valence-corrected chi connectivity index (χ4v) is 2.30. The first-order valence-electron chi connectivity index (χ1n) is 5.11. The van der Waals surface area contributed by atoms with Gasteiger partial charge >= 0.3 is 0 Å². The highest BCUT2D eigenvalue weighted by atomic mass is 79.9. The smallest absolute Gasteiger partial charge is 0.227 e. The Labute approximate surface area is 123 Å². The van der Waals surface area contributed by atoms with Gasteiger partial charge in [-0.25, -0.2) is 4.98 Å². The summed E-state index contributed by atoms with van der Waals surface area (Å²) in [7, 11) is 0. The second-order valence-corrected chi connectivity index (χ2v) is 5.32. The van der Waals surface area contributed by atoms with Gasteiger partial charge in [0.1, 0.15) is 16.7 Å². The molecule has 1 heterocycles. The summed E-state index contributed by atoms with van der Waals surface area (Å²) in [5.41, 5.74) is 0.698. The van der Waals surface area contributed by atoms with Gasteiger partial charge in [0.15, 0.2) is 0 Å². The Bertz CT molecular complexity index is 605. The molecule has 0 amide bonds. The van der Waals surface area contributed by atoms with E-state index in [1.807, 2.05) is 0 Å². The number of benzene rings is 1. The van der Waals surface area contributed by atoms with Gasteiger partial charge in [0, 0.05) is 10.6 Å². The van der Waals surface area contributed by atoms with Gasteiger partial charge < -0.3 is 4.74 Å². The minimum atomic E-state index is 0.391. The minimum Gasteiger partial charge on any atom is -0.437 e. The molecule has 18 heavy (non-hydrogen) atoms. The van der Waals surface area contributed by atoms with E-state index in [9.17, 15) is 0 Å². The molecule has 0 radical (unpaired) electrons. The van der Waals surface area contributed by atoms with E-state index in [0.717, 1.165) is 4.47 Å². The van der Waals surface area contributed by atoms with Crippen LogP contribution in [-0.4, -0.2) is 9.97 Å². The molecule has 0 N–H and O–H groups in total. The maximum Gasteiger partial charge on any atom is 0.227 e. The number of nitrogens with zero attached hydrogens (tertiary/aromatic N) is 2. The lowest BCUT2D eigenvalue weighted by Gasteiger charge is -2.10. The summed E-state index contributed by atoms with van der Waals surface area (Å²) in [6.07, 6.45) is 0. The Hall–Kier alpha value is -0.840. The van der Waals surface area contributed by atoms with Crippen LogP contribution in [0.4, 0.5) is 0 Å². The molecular formula is C12H9BrCl2N2O. The van der Waals surface area contributed by atoms with Crippen LogP contribution in [-0.2, 0) is 0 Å². The summed E-state index contributed by atoms with van der Waals surface area (Å²) < 4.78 is 6.47. The van der Waals surface area contributed by atoms with Crippen molar-refractivity contribution >= 4 is 39.1 Å². The van der Waals surface area contributed by atoms with Crippen molar-refractivity contribution in [2.75, 3.05) is 0 Å². The van der Waals surface area contributed by atoms with Gasteiger partial charge in [0.05, 0.1) is 4.47 Å². The molecule has 2 aromatic rings. The molecule has 1 aromatic heterocycles. The van der Waals surface area contributed by atoms with E-state index in [2.05, 4.69) is 25.9 Å². The number of rotatable bonds is 2. The van der Waals surface area contributed by atoms with Crippen molar-refractivity contribution in [3.63, 3.8) is 0 Å². The highest BCUT2D eigenvalue weighted by Gasteiger charge is 2.11. The lowest BCUT2D eigenvalue weighted by molar-refractivity contribution is 0.453. The topological polar surface area (TPSA) is 35.0 Å². The second-order valence-electron chi connectivity index (χ2n) is 3.67. The number of hydrogen-bond donors (Lipinski definition) is 0. The normalized spacial score (nSPS) is 10.5. The van der Waals surface area contributed by atoms with Gasteiger partial charge in [-0.05, 0) is 48.0 Å². The SMILES string of the molecule is Cc1nc(Cl)c(C)c(Oc2ccc(Cl)cc2Br)n1. The van der Waals surface area contributed by atoms with Crippen molar-refractivity contribution in [1.82, 2.24) is 9.97 Å². The maximum atomic E-state index is 5.99. The first-order valence-corrected chi connectivity index (χ1v) is 6.66. The van der Waals surface area contributed by atoms with Gasteiger partial charge in [-0.1, -0.05) is 23.2 Å². The van der Waals surface area contributed by atoms with E-state index in [1.54, 1.807) is 32.0 Å². The molecule has 0 atom stereocenters. The second kappa shape index (κ2) is 5.43. The molecule has 94 valence electrons. The van der Waals surface area contributed by atoms with Gasteiger partial charge in [0.25, 0.3) is 0 Å². The van der Waals surface area contributed by atoms with Crippen LogP contribution in [0.15, 0.2) is 22.7 Å². The van der Waals surface area contributed by atoms with E-state index in [4.69, 9.17) is 27.9 Å². The summed E-state index contributed by atoms with van der Waals surface area (Å²) in [6.45, 7) is 3.57. The average Bonchev–Trinajstić information content (AvgIpc) is 2.29. The number of aromatic nitrogens is 2. The number of ether oxygens (including phenoxy) is 1. The van der Waals surface area contributed by atoms with Gasteiger partial charge in [0.2, 0.25) is 5.88 Å². The lowest BCUT2D eigenvalue weighted by atomic mass is 10.3. The summed E-state index contributed by atoms with van der Waals surface area (Å²) in [5.74, 6) is 1.62. The molecule has 0 saturated heterocycles. The monoisotopic (exact) mass is 346 g/mol. The summed E-state index contributed by atoms with van der Waals surface area (Å²) in [4.78, 5) is 8.27. The molecule has 0 fully saturated rings. The first-order chi connectivity index (χ1) is 8.47. The highest BCUT2D eigenvalue weighted by Crippen LogP contribution is 2.33. The van der Waals surface area contributed by atoms with Crippen LogP contribution in [0.2, 0.25) is 10.2 Å². The number of hydrogen-bond acceptors (Lipinski definition) is 3. The van der Waals surface area contributed by atoms with Crippen molar-refractivity contribution in [3.8, 4) is 11.6 Å². The predicted molar refractivity (Wildman–Crippen MR) is 75.7 cm³/mol. The molecule has 0 unspecified atom stereocenters. The fraction of sp³-hybridized carbons (Fsp3) is 0.167. The number of aryl methyl sites for hydroxylation is 1. The fourth-order valence-electron chi connectivity index (χ4n) is 1.33. The molecule has 0 aliphatic rings. The quantitative estimate of drug-likeness (QED) is 0.720. The van der Waals surface area contributed by atoms with Gasteiger partial charge in [-0.2, -0.15) is 4.98 Å². The van der Waals surface area contributed by atoms with Crippen molar-refractivity contribution in [2.45, 2.75) is 13.8 Å². The Morgan fingerprint density at radius 3 is 2.56 bits per heavy atom. The van der Waals surface area contributed by atoms with Crippen LogP contribution in [0, 0.1) is 13.8 Å². The van der Waals surface area contributed by atoms with Crippen LogP contribution < -0.4 is 4.74 Å². The van der Waals surface area contributed by atoms with Crippen LogP contribution in [0.3, 0.4) is 0 Å². The molecule has 0 spiro atoms. The third kappa shape index (κ3) is 2.94. The molecule has 0 bridgehead atoms. The molecule has 0 aliphatic heterocycles. The Morgan fingerprint density at radius 1 is 1.17 bits per heavy atom. The Morgan fingerprint density at radius 2 is 1.89 bits per heavy atom. The van der Waals surface area contributed by atoms with Crippen molar-refractivity contribution in [1.29, 1.82) is 0 Å². The zero-order valence-corrected chi connectivity index (χ0v) is 12.8.